The standard InChI is InChI=1S/C11H11F4NO2/c12-8-2-1-3-9(13)7(8)4-10(18)16-5-11(14,15)6-17/h1-3,17H,4-6H2,(H,16,18). The Bertz CT molecular complexity index is 417. The average molecular weight is 265 g/mol. The van der Waals surface area contributed by atoms with E-state index in [0.717, 1.165) is 18.2 Å². The predicted molar refractivity (Wildman–Crippen MR) is 55.1 cm³/mol. The fourth-order valence-corrected chi connectivity index (χ4v) is 1.21. The number of amides is 1. The van der Waals surface area contributed by atoms with E-state index in [0.29, 0.717) is 0 Å². The fourth-order valence-electron chi connectivity index (χ4n) is 1.21. The highest BCUT2D eigenvalue weighted by Crippen LogP contribution is 2.13. The minimum Gasteiger partial charge on any atom is -0.390 e. The van der Waals surface area contributed by atoms with Crippen molar-refractivity contribution in [3.63, 3.8) is 0 Å². The number of hydrogen-bond acceptors (Lipinski definition) is 2. The summed E-state index contributed by atoms with van der Waals surface area (Å²) in [5.41, 5.74) is -0.484. The topological polar surface area (TPSA) is 49.3 Å². The van der Waals surface area contributed by atoms with E-state index in [-0.39, 0.29) is 0 Å². The van der Waals surface area contributed by atoms with E-state index in [1.54, 1.807) is 5.32 Å². The van der Waals surface area contributed by atoms with E-state index >= 15 is 0 Å². The SMILES string of the molecule is O=C(Cc1c(F)cccc1F)NCC(F)(F)CO. The molecular weight excluding hydrogens is 254 g/mol. The molecule has 0 unspecified atom stereocenters. The van der Waals surface area contributed by atoms with Crippen LogP contribution < -0.4 is 5.32 Å². The summed E-state index contributed by atoms with van der Waals surface area (Å²) in [5.74, 6) is -6.24. The van der Waals surface area contributed by atoms with Crippen LogP contribution in [0.1, 0.15) is 5.56 Å². The molecule has 0 heterocycles. The quantitative estimate of drug-likeness (QED) is 0.787. The van der Waals surface area contributed by atoms with Gasteiger partial charge in [-0.25, -0.2) is 17.6 Å². The van der Waals surface area contributed by atoms with Gasteiger partial charge < -0.3 is 10.4 Å². The molecule has 1 aromatic carbocycles. The third-order valence-corrected chi connectivity index (χ3v) is 2.17. The fraction of sp³-hybridized carbons (Fsp3) is 0.364. The van der Waals surface area contributed by atoms with Crippen molar-refractivity contribution in [2.75, 3.05) is 13.2 Å². The summed E-state index contributed by atoms with van der Waals surface area (Å²) in [6, 6.07) is 3.06. The van der Waals surface area contributed by atoms with Crippen molar-refractivity contribution < 1.29 is 27.5 Å². The molecule has 0 radical (unpaired) electrons. The molecule has 0 fully saturated rings. The normalized spacial score (nSPS) is 11.4. The molecule has 2 N–H and O–H groups in total. The van der Waals surface area contributed by atoms with Gasteiger partial charge in [0.2, 0.25) is 5.91 Å². The van der Waals surface area contributed by atoms with Crippen LogP contribution in [0.15, 0.2) is 18.2 Å². The Morgan fingerprint density at radius 2 is 1.83 bits per heavy atom. The molecule has 0 aromatic heterocycles. The number of hydrogen-bond donors (Lipinski definition) is 2. The molecule has 18 heavy (non-hydrogen) atoms. The van der Waals surface area contributed by atoms with Crippen LogP contribution in [0.4, 0.5) is 17.6 Å². The van der Waals surface area contributed by atoms with Crippen LogP contribution in [0, 0.1) is 11.6 Å². The van der Waals surface area contributed by atoms with E-state index < -0.39 is 48.6 Å². The van der Waals surface area contributed by atoms with Gasteiger partial charge in [-0.05, 0) is 12.1 Å². The second kappa shape index (κ2) is 5.81. The van der Waals surface area contributed by atoms with Crippen LogP contribution in [0.5, 0.6) is 0 Å². The number of halogens is 4. The first kappa shape index (κ1) is 14.4. The van der Waals surface area contributed by atoms with E-state index in [9.17, 15) is 22.4 Å². The summed E-state index contributed by atoms with van der Waals surface area (Å²) in [5, 5.41) is 10.1. The lowest BCUT2D eigenvalue weighted by molar-refractivity contribution is -0.123. The molecule has 3 nitrogen and oxygen atoms in total. The molecule has 0 spiro atoms. The molecular formula is C11H11F4NO2. The molecule has 100 valence electrons. The smallest absolute Gasteiger partial charge is 0.287 e. The van der Waals surface area contributed by atoms with E-state index in [1.807, 2.05) is 0 Å². The van der Waals surface area contributed by atoms with Crippen molar-refractivity contribution in [1.29, 1.82) is 0 Å². The summed E-state index contributed by atoms with van der Waals surface area (Å²) < 4.78 is 51.5. The molecule has 0 bridgehead atoms. The van der Waals surface area contributed by atoms with Crippen LogP contribution in [0.2, 0.25) is 0 Å². The van der Waals surface area contributed by atoms with Crippen LogP contribution in [-0.4, -0.2) is 30.1 Å². The molecule has 0 saturated carbocycles. The second-order valence-corrected chi connectivity index (χ2v) is 3.67. The van der Waals surface area contributed by atoms with E-state index in [1.165, 1.54) is 0 Å². The zero-order valence-corrected chi connectivity index (χ0v) is 9.22. The zero-order chi connectivity index (χ0) is 13.8. The first-order valence-electron chi connectivity index (χ1n) is 5.04. The Labute approximate surface area is 100 Å². The maximum absolute atomic E-state index is 13.1. The van der Waals surface area contributed by atoms with E-state index in [4.69, 9.17) is 5.11 Å². The van der Waals surface area contributed by atoms with Gasteiger partial charge in [-0.15, -0.1) is 0 Å². The number of carbonyl (C=O) groups excluding carboxylic acids is 1. The lowest BCUT2D eigenvalue weighted by atomic mass is 10.1. The largest absolute Gasteiger partial charge is 0.390 e. The first-order chi connectivity index (χ1) is 8.35. The van der Waals surface area contributed by atoms with Crippen molar-refractivity contribution in [3.8, 4) is 0 Å². The highest BCUT2D eigenvalue weighted by molar-refractivity contribution is 5.78. The Morgan fingerprint density at radius 3 is 2.33 bits per heavy atom. The average Bonchev–Trinajstić information content (AvgIpc) is 2.32. The van der Waals surface area contributed by atoms with Gasteiger partial charge in [0.05, 0.1) is 13.0 Å². The number of benzene rings is 1. The maximum atomic E-state index is 13.1. The number of rotatable bonds is 5. The highest BCUT2D eigenvalue weighted by Gasteiger charge is 2.28. The second-order valence-electron chi connectivity index (χ2n) is 3.67. The van der Waals surface area contributed by atoms with Crippen molar-refractivity contribution in [3.05, 3.63) is 35.4 Å². The summed E-state index contributed by atoms with van der Waals surface area (Å²) in [6.07, 6.45) is -0.681. The van der Waals surface area contributed by atoms with Gasteiger partial charge in [0, 0.05) is 5.56 Å². The number of carbonyl (C=O) groups is 1. The molecule has 0 aliphatic heterocycles. The molecule has 1 aromatic rings. The van der Waals surface area contributed by atoms with Crippen LogP contribution in [0.3, 0.4) is 0 Å². The number of aliphatic hydroxyl groups excluding tert-OH is 1. The third-order valence-electron chi connectivity index (χ3n) is 2.17. The summed E-state index contributed by atoms with van der Waals surface area (Å²) in [7, 11) is 0. The highest BCUT2D eigenvalue weighted by atomic mass is 19.3. The minimum atomic E-state index is -3.45. The van der Waals surface area contributed by atoms with Gasteiger partial charge in [-0.3, -0.25) is 4.79 Å². The predicted octanol–water partition coefficient (Wildman–Crippen LogP) is 1.25. The Balaban J connectivity index is 2.61. The third kappa shape index (κ3) is 3.99. The maximum Gasteiger partial charge on any atom is 0.287 e. The molecule has 0 atom stereocenters. The molecule has 1 rings (SSSR count). The van der Waals surface area contributed by atoms with Crippen molar-refractivity contribution in [2.45, 2.75) is 12.3 Å². The molecule has 0 aliphatic carbocycles. The van der Waals surface area contributed by atoms with Gasteiger partial charge in [0.25, 0.3) is 5.92 Å². The zero-order valence-electron chi connectivity index (χ0n) is 9.22. The van der Waals surface area contributed by atoms with Gasteiger partial charge >= 0.3 is 0 Å². The van der Waals surface area contributed by atoms with Crippen molar-refractivity contribution in [1.82, 2.24) is 5.32 Å². The number of nitrogens with one attached hydrogen (secondary N) is 1. The molecule has 0 saturated heterocycles. The summed E-state index contributed by atoms with van der Waals surface area (Å²) >= 11 is 0. The number of alkyl halides is 2. The van der Waals surface area contributed by atoms with Gasteiger partial charge in [-0.1, -0.05) is 6.07 Å². The van der Waals surface area contributed by atoms with Crippen molar-refractivity contribution >= 4 is 5.91 Å². The van der Waals surface area contributed by atoms with E-state index in [2.05, 4.69) is 0 Å². The molecule has 7 heteroatoms. The number of aliphatic hydroxyl groups is 1. The lowest BCUT2D eigenvalue weighted by Crippen LogP contribution is -2.39. The summed E-state index contributed by atoms with van der Waals surface area (Å²) in [4.78, 5) is 11.2. The van der Waals surface area contributed by atoms with Crippen LogP contribution >= 0.6 is 0 Å². The van der Waals surface area contributed by atoms with Crippen molar-refractivity contribution in [2.24, 2.45) is 0 Å². The summed E-state index contributed by atoms with van der Waals surface area (Å²) in [6.45, 7) is -2.50. The molecule has 1 amide bonds. The van der Waals surface area contributed by atoms with Gasteiger partial charge in [0.15, 0.2) is 0 Å². The monoisotopic (exact) mass is 265 g/mol. The lowest BCUT2D eigenvalue weighted by Gasteiger charge is -2.14. The van der Waals surface area contributed by atoms with Crippen LogP contribution in [-0.2, 0) is 11.2 Å². The van der Waals surface area contributed by atoms with Gasteiger partial charge in [-0.2, -0.15) is 0 Å². The Kier molecular flexibility index (Phi) is 4.66. The molecule has 0 aliphatic rings. The Morgan fingerprint density at radius 1 is 1.28 bits per heavy atom. The van der Waals surface area contributed by atoms with Crippen LogP contribution in [0.25, 0.3) is 0 Å². The first-order valence-corrected chi connectivity index (χ1v) is 5.04. The Hall–Kier alpha value is -1.63. The van der Waals surface area contributed by atoms with Gasteiger partial charge in [0.1, 0.15) is 18.2 Å². The minimum absolute atomic E-state index is 0.484.